The van der Waals surface area contributed by atoms with Gasteiger partial charge in [0.25, 0.3) is 0 Å². The molecule has 30 heavy (non-hydrogen) atoms. The van der Waals surface area contributed by atoms with Crippen LogP contribution in [0.2, 0.25) is 39.3 Å². The summed E-state index contributed by atoms with van der Waals surface area (Å²) < 4.78 is 0. The van der Waals surface area contributed by atoms with E-state index in [4.69, 9.17) is 0 Å². The van der Waals surface area contributed by atoms with Gasteiger partial charge in [0.1, 0.15) is 0 Å². The number of rotatable bonds is 4. The second kappa shape index (κ2) is 7.98. The van der Waals surface area contributed by atoms with Crippen LogP contribution in [-0.4, -0.2) is 16.1 Å². The van der Waals surface area contributed by atoms with Gasteiger partial charge >= 0.3 is 0 Å². The van der Waals surface area contributed by atoms with Crippen molar-refractivity contribution in [2.24, 2.45) is 0 Å². The second-order valence-corrected chi connectivity index (χ2v) is 21.9. The van der Waals surface area contributed by atoms with Gasteiger partial charge < -0.3 is 0 Å². The molecule has 0 N–H and O–H groups in total. The minimum atomic E-state index is -1.28. The van der Waals surface area contributed by atoms with Crippen molar-refractivity contribution in [1.82, 2.24) is 0 Å². The van der Waals surface area contributed by atoms with Crippen LogP contribution in [0.25, 0.3) is 22.3 Å². The van der Waals surface area contributed by atoms with E-state index in [0.29, 0.717) is 0 Å². The maximum Gasteiger partial charge on any atom is 0.0775 e. The van der Waals surface area contributed by atoms with Crippen LogP contribution in [0.3, 0.4) is 0 Å². The molecule has 0 aromatic heterocycles. The summed E-state index contributed by atoms with van der Waals surface area (Å²) in [6, 6.07) is 25.7. The van der Waals surface area contributed by atoms with Crippen LogP contribution < -0.4 is 10.4 Å². The number of hydrogen-bond donors (Lipinski definition) is 0. The lowest BCUT2D eigenvalue weighted by Gasteiger charge is -2.22. The standard InChI is InChI=1S/C28H38Si2/c1-28(2,3)25-19-23(21-10-14-26(15-11-21)29(4,5)6)18-24(20-25)22-12-16-27(17-13-22)30(7,8)9/h10-20H,1-9H3. The molecule has 0 atom stereocenters. The highest BCUT2D eigenvalue weighted by Gasteiger charge is 2.19. The zero-order valence-electron chi connectivity index (χ0n) is 20.4. The molecule has 0 fully saturated rings. The van der Waals surface area contributed by atoms with Crippen LogP contribution in [0, 0.1) is 0 Å². The third-order valence-corrected chi connectivity index (χ3v) is 10.1. The van der Waals surface area contributed by atoms with Crippen molar-refractivity contribution < 1.29 is 0 Å². The van der Waals surface area contributed by atoms with E-state index >= 15 is 0 Å². The van der Waals surface area contributed by atoms with E-state index in [9.17, 15) is 0 Å². The predicted octanol–water partition coefficient (Wildman–Crippen LogP) is 7.41. The molecule has 0 bridgehead atoms. The van der Waals surface area contributed by atoms with E-state index in [1.165, 1.54) is 38.2 Å². The lowest BCUT2D eigenvalue weighted by molar-refractivity contribution is 0.590. The van der Waals surface area contributed by atoms with Crippen molar-refractivity contribution >= 4 is 26.5 Å². The molecule has 0 radical (unpaired) electrons. The van der Waals surface area contributed by atoms with Crippen molar-refractivity contribution in [2.75, 3.05) is 0 Å². The van der Waals surface area contributed by atoms with Crippen molar-refractivity contribution in [3.05, 3.63) is 72.3 Å². The Morgan fingerprint density at radius 1 is 0.467 bits per heavy atom. The molecule has 0 saturated carbocycles. The van der Waals surface area contributed by atoms with E-state index < -0.39 is 16.1 Å². The number of hydrogen-bond acceptors (Lipinski definition) is 0. The summed E-state index contributed by atoms with van der Waals surface area (Å²) >= 11 is 0. The van der Waals surface area contributed by atoms with E-state index in [1.807, 2.05) is 0 Å². The molecule has 0 aliphatic heterocycles. The van der Waals surface area contributed by atoms with Gasteiger partial charge in [-0.2, -0.15) is 0 Å². The maximum atomic E-state index is 2.41. The highest BCUT2D eigenvalue weighted by Crippen LogP contribution is 2.33. The average molecular weight is 431 g/mol. The first kappa shape index (κ1) is 22.8. The van der Waals surface area contributed by atoms with Crippen LogP contribution in [0.5, 0.6) is 0 Å². The fourth-order valence-electron chi connectivity index (χ4n) is 3.72. The summed E-state index contributed by atoms with van der Waals surface area (Å²) in [5, 5.41) is 3.03. The molecule has 0 spiro atoms. The molecule has 0 saturated heterocycles. The minimum Gasteiger partial charge on any atom is -0.0656 e. The Kier molecular flexibility index (Phi) is 6.05. The Morgan fingerprint density at radius 2 is 0.800 bits per heavy atom. The Balaban J connectivity index is 2.09. The highest BCUT2D eigenvalue weighted by molar-refractivity contribution is 6.89. The van der Waals surface area contributed by atoms with Crippen LogP contribution in [-0.2, 0) is 5.41 Å². The second-order valence-electron chi connectivity index (χ2n) is 11.7. The molecular weight excluding hydrogens is 392 g/mol. The van der Waals surface area contributed by atoms with E-state index in [2.05, 4.69) is 127 Å². The molecule has 3 aromatic rings. The summed E-state index contributed by atoms with van der Waals surface area (Å²) in [7, 11) is -2.56. The van der Waals surface area contributed by atoms with E-state index in [1.54, 1.807) is 0 Å². The molecule has 0 aliphatic carbocycles. The molecule has 0 heterocycles. The molecule has 0 aliphatic rings. The molecule has 3 rings (SSSR count). The van der Waals surface area contributed by atoms with Gasteiger partial charge in [-0.15, -0.1) is 0 Å². The fraction of sp³-hybridized carbons (Fsp3) is 0.357. The van der Waals surface area contributed by atoms with Gasteiger partial charge in [-0.1, -0.05) is 131 Å². The SMILES string of the molecule is CC(C)(C)c1cc(-c2ccc([Si](C)(C)C)cc2)cc(-c2ccc([Si](C)(C)C)cc2)c1. The van der Waals surface area contributed by atoms with Gasteiger partial charge in [-0.25, -0.2) is 0 Å². The molecular formula is C28H38Si2. The largest absolute Gasteiger partial charge is 0.0775 e. The van der Waals surface area contributed by atoms with Gasteiger partial charge in [0, 0.05) is 0 Å². The van der Waals surface area contributed by atoms with Gasteiger partial charge in [-0.3, -0.25) is 0 Å². The summed E-state index contributed by atoms with van der Waals surface area (Å²) in [6.45, 7) is 21.4. The van der Waals surface area contributed by atoms with Gasteiger partial charge in [-0.05, 0) is 39.3 Å². The molecule has 2 heteroatoms. The van der Waals surface area contributed by atoms with Crippen LogP contribution >= 0.6 is 0 Å². The molecule has 0 amide bonds. The molecule has 158 valence electrons. The zero-order chi connectivity index (χ0) is 22.3. The Bertz CT molecular complexity index is 931. The first-order chi connectivity index (χ1) is 13.7. The summed E-state index contributed by atoms with van der Waals surface area (Å²) in [4.78, 5) is 0. The van der Waals surface area contributed by atoms with E-state index in [0.717, 1.165) is 0 Å². The molecule has 0 nitrogen and oxygen atoms in total. The quantitative estimate of drug-likeness (QED) is 0.378. The zero-order valence-corrected chi connectivity index (χ0v) is 22.4. The summed E-state index contributed by atoms with van der Waals surface area (Å²) in [5.41, 5.74) is 6.74. The van der Waals surface area contributed by atoms with Crippen molar-refractivity contribution in [1.29, 1.82) is 0 Å². The highest BCUT2D eigenvalue weighted by atomic mass is 28.3. The normalized spacial score (nSPS) is 12.8. The van der Waals surface area contributed by atoms with Crippen molar-refractivity contribution in [3.63, 3.8) is 0 Å². The van der Waals surface area contributed by atoms with Crippen LogP contribution in [0.4, 0.5) is 0 Å². The summed E-state index contributed by atoms with van der Waals surface area (Å²) in [6.07, 6.45) is 0. The van der Waals surface area contributed by atoms with Gasteiger partial charge in [0.15, 0.2) is 0 Å². The minimum absolute atomic E-state index is 0.112. The van der Waals surface area contributed by atoms with Crippen LogP contribution in [0.1, 0.15) is 26.3 Å². The monoisotopic (exact) mass is 430 g/mol. The lowest BCUT2D eigenvalue weighted by Crippen LogP contribution is -2.37. The van der Waals surface area contributed by atoms with E-state index in [-0.39, 0.29) is 5.41 Å². The van der Waals surface area contributed by atoms with Gasteiger partial charge in [0.05, 0.1) is 16.1 Å². The lowest BCUT2D eigenvalue weighted by atomic mass is 9.83. The average Bonchev–Trinajstić information content (AvgIpc) is 2.66. The van der Waals surface area contributed by atoms with Crippen molar-refractivity contribution in [2.45, 2.75) is 65.5 Å². The third kappa shape index (κ3) is 5.22. The number of benzene rings is 3. The fourth-order valence-corrected chi connectivity index (χ4v) is 6.05. The first-order valence-electron chi connectivity index (χ1n) is 11.1. The Labute approximate surface area is 186 Å². The third-order valence-electron chi connectivity index (χ3n) is 5.97. The topological polar surface area (TPSA) is 0 Å². The van der Waals surface area contributed by atoms with Crippen LogP contribution in [0.15, 0.2) is 66.7 Å². The Hall–Kier alpha value is -1.91. The summed E-state index contributed by atoms with van der Waals surface area (Å²) in [5.74, 6) is 0. The van der Waals surface area contributed by atoms with Crippen molar-refractivity contribution in [3.8, 4) is 22.3 Å². The molecule has 0 unspecified atom stereocenters. The first-order valence-corrected chi connectivity index (χ1v) is 18.1. The predicted molar refractivity (Wildman–Crippen MR) is 142 cm³/mol. The smallest absolute Gasteiger partial charge is 0.0656 e. The maximum absolute atomic E-state index is 2.41. The van der Waals surface area contributed by atoms with Gasteiger partial charge in [0.2, 0.25) is 0 Å². The Morgan fingerprint density at radius 3 is 1.07 bits per heavy atom. The molecule has 3 aromatic carbocycles.